The SMILES string of the molecule is C=C1CC2CCC(C1)N2C(=O)c1nccc2ccccc12. The maximum absolute atomic E-state index is 13.0. The van der Waals surface area contributed by atoms with Gasteiger partial charge in [0.25, 0.3) is 5.91 Å². The van der Waals surface area contributed by atoms with Gasteiger partial charge < -0.3 is 4.90 Å². The molecule has 0 saturated carbocycles. The summed E-state index contributed by atoms with van der Waals surface area (Å²) in [4.78, 5) is 19.5. The Labute approximate surface area is 124 Å². The van der Waals surface area contributed by atoms with Crippen LogP contribution in [0.5, 0.6) is 0 Å². The van der Waals surface area contributed by atoms with Crippen LogP contribution in [0.4, 0.5) is 0 Å². The van der Waals surface area contributed by atoms with Gasteiger partial charge in [-0.05, 0) is 37.1 Å². The summed E-state index contributed by atoms with van der Waals surface area (Å²) in [5.41, 5.74) is 1.88. The van der Waals surface area contributed by atoms with Crippen molar-refractivity contribution in [1.29, 1.82) is 0 Å². The first-order chi connectivity index (χ1) is 10.2. The van der Waals surface area contributed by atoms with E-state index in [9.17, 15) is 4.79 Å². The van der Waals surface area contributed by atoms with Crippen LogP contribution in [0.1, 0.15) is 36.2 Å². The number of fused-ring (bicyclic) bond motifs is 3. The second-order valence-corrected chi connectivity index (χ2v) is 6.14. The lowest BCUT2D eigenvalue weighted by Crippen LogP contribution is -2.44. The van der Waals surface area contributed by atoms with Gasteiger partial charge in [0.2, 0.25) is 0 Å². The van der Waals surface area contributed by atoms with Gasteiger partial charge in [-0.15, -0.1) is 0 Å². The highest BCUT2D eigenvalue weighted by Gasteiger charge is 2.41. The molecule has 0 aliphatic carbocycles. The highest BCUT2D eigenvalue weighted by molar-refractivity contribution is 6.05. The summed E-state index contributed by atoms with van der Waals surface area (Å²) >= 11 is 0. The van der Waals surface area contributed by atoms with Gasteiger partial charge in [0.1, 0.15) is 5.69 Å². The third-order valence-electron chi connectivity index (χ3n) is 4.78. The summed E-state index contributed by atoms with van der Waals surface area (Å²) in [6, 6.07) is 10.6. The zero-order chi connectivity index (χ0) is 14.4. The van der Waals surface area contributed by atoms with Crippen LogP contribution in [0.3, 0.4) is 0 Å². The number of benzene rings is 1. The number of hydrogen-bond donors (Lipinski definition) is 0. The molecule has 2 saturated heterocycles. The first-order valence-electron chi connectivity index (χ1n) is 7.57. The Morgan fingerprint density at radius 3 is 2.62 bits per heavy atom. The molecule has 2 aliphatic heterocycles. The number of amides is 1. The fourth-order valence-electron chi connectivity index (χ4n) is 3.86. The second kappa shape index (κ2) is 4.69. The van der Waals surface area contributed by atoms with Crippen LogP contribution in [-0.4, -0.2) is 27.9 Å². The van der Waals surface area contributed by atoms with E-state index in [4.69, 9.17) is 0 Å². The quantitative estimate of drug-likeness (QED) is 0.747. The summed E-state index contributed by atoms with van der Waals surface area (Å²) in [6.07, 6.45) is 5.83. The molecular formula is C18H18N2O. The summed E-state index contributed by atoms with van der Waals surface area (Å²) in [6.45, 7) is 4.12. The van der Waals surface area contributed by atoms with Crippen molar-refractivity contribution in [2.24, 2.45) is 0 Å². The lowest BCUT2D eigenvalue weighted by Gasteiger charge is -2.35. The van der Waals surface area contributed by atoms with Crippen molar-refractivity contribution in [3.8, 4) is 0 Å². The number of rotatable bonds is 1. The molecule has 3 heterocycles. The predicted molar refractivity (Wildman–Crippen MR) is 83.1 cm³/mol. The molecule has 2 fully saturated rings. The van der Waals surface area contributed by atoms with E-state index < -0.39 is 0 Å². The van der Waals surface area contributed by atoms with E-state index in [-0.39, 0.29) is 5.91 Å². The number of carbonyl (C=O) groups is 1. The Bertz CT molecular complexity index is 716. The maximum Gasteiger partial charge on any atom is 0.273 e. The molecule has 2 bridgehead atoms. The van der Waals surface area contributed by atoms with Crippen molar-refractivity contribution in [3.05, 3.63) is 54.4 Å². The highest BCUT2D eigenvalue weighted by Crippen LogP contribution is 2.38. The van der Waals surface area contributed by atoms with Gasteiger partial charge in [-0.25, -0.2) is 0 Å². The van der Waals surface area contributed by atoms with Crippen molar-refractivity contribution in [3.63, 3.8) is 0 Å². The minimum atomic E-state index is 0.0896. The molecule has 1 aromatic carbocycles. The normalized spacial score (nSPS) is 24.6. The number of nitrogens with zero attached hydrogens (tertiary/aromatic N) is 2. The Balaban J connectivity index is 1.76. The van der Waals surface area contributed by atoms with Crippen molar-refractivity contribution < 1.29 is 4.79 Å². The predicted octanol–water partition coefficient (Wildman–Crippen LogP) is 3.56. The fraction of sp³-hybridized carbons (Fsp3) is 0.333. The van der Waals surface area contributed by atoms with E-state index in [1.165, 1.54) is 5.57 Å². The van der Waals surface area contributed by atoms with Crippen LogP contribution in [0, 0.1) is 0 Å². The molecule has 3 nitrogen and oxygen atoms in total. The van der Waals surface area contributed by atoms with E-state index in [1.807, 2.05) is 30.3 Å². The van der Waals surface area contributed by atoms with Crippen LogP contribution in [0.15, 0.2) is 48.7 Å². The zero-order valence-corrected chi connectivity index (χ0v) is 12.0. The molecule has 2 unspecified atom stereocenters. The Kier molecular flexibility index (Phi) is 2.81. The Morgan fingerprint density at radius 2 is 1.86 bits per heavy atom. The maximum atomic E-state index is 13.0. The first-order valence-corrected chi connectivity index (χ1v) is 7.57. The number of carbonyl (C=O) groups excluding carboxylic acids is 1. The zero-order valence-electron chi connectivity index (χ0n) is 12.0. The topological polar surface area (TPSA) is 33.2 Å². The minimum absolute atomic E-state index is 0.0896. The van der Waals surface area contributed by atoms with E-state index >= 15 is 0 Å². The highest BCUT2D eigenvalue weighted by atomic mass is 16.2. The lowest BCUT2D eigenvalue weighted by molar-refractivity contribution is 0.0631. The van der Waals surface area contributed by atoms with Gasteiger partial charge in [-0.3, -0.25) is 9.78 Å². The molecule has 21 heavy (non-hydrogen) atoms. The third-order valence-corrected chi connectivity index (χ3v) is 4.78. The molecule has 2 aromatic rings. The molecule has 3 heteroatoms. The van der Waals surface area contributed by atoms with Crippen molar-refractivity contribution >= 4 is 16.7 Å². The smallest absolute Gasteiger partial charge is 0.273 e. The molecule has 106 valence electrons. The largest absolute Gasteiger partial charge is 0.331 e. The second-order valence-electron chi connectivity index (χ2n) is 6.14. The van der Waals surface area contributed by atoms with Gasteiger partial charge in [0.15, 0.2) is 0 Å². The van der Waals surface area contributed by atoms with Gasteiger partial charge >= 0.3 is 0 Å². The molecule has 1 amide bonds. The van der Waals surface area contributed by atoms with Crippen LogP contribution >= 0.6 is 0 Å². The Morgan fingerprint density at radius 1 is 1.14 bits per heavy atom. The van der Waals surface area contributed by atoms with Gasteiger partial charge in [0, 0.05) is 23.7 Å². The average Bonchev–Trinajstić information content (AvgIpc) is 2.78. The summed E-state index contributed by atoms with van der Waals surface area (Å²) < 4.78 is 0. The van der Waals surface area contributed by atoms with Crippen LogP contribution in [0.25, 0.3) is 10.8 Å². The van der Waals surface area contributed by atoms with Crippen molar-refractivity contribution in [2.75, 3.05) is 0 Å². The molecular weight excluding hydrogens is 260 g/mol. The van der Waals surface area contributed by atoms with Gasteiger partial charge in [-0.2, -0.15) is 0 Å². The molecule has 0 radical (unpaired) electrons. The van der Waals surface area contributed by atoms with E-state index in [0.29, 0.717) is 17.8 Å². The van der Waals surface area contributed by atoms with Gasteiger partial charge in [-0.1, -0.05) is 36.4 Å². The monoisotopic (exact) mass is 278 g/mol. The number of pyridine rings is 1. The molecule has 0 spiro atoms. The number of piperidine rings is 1. The van der Waals surface area contributed by atoms with E-state index in [0.717, 1.165) is 36.5 Å². The molecule has 2 aliphatic rings. The van der Waals surface area contributed by atoms with E-state index in [2.05, 4.69) is 16.5 Å². The summed E-state index contributed by atoms with van der Waals surface area (Å²) in [5.74, 6) is 0.0896. The first kappa shape index (κ1) is 12.6. The lowest BCUT2D eigenvalue weighted by atomic mass is 9.97. The van der Waals surface area contributed by atoms with E-state index in [1.54, 1.807) is 6.20 Å². The minimum Gasteiger partial charge on any atom is -0.331 e. The third kappa shape index (κ3) is 1.96. The molecule has 0 N–H and O–H groups in total. The average molecular weight is 278 g/mol. The van der Waals surface area contributed by atoms with Crippen molar-refractivity contribution in [1.82, 2.24) is 9.88 Å². The van der Waals surface area contributed by atoms with Crippen molar-refractivity contribution in [2.45, 2.75) is 37.8 Å². The Hall–Kier alpha value is -2.16. The summed E-state index contributed by atoms with van der Waals surface area (Å²) in [7, 11) is 0. The fourth-order valence-corrected chi connectivity index (χ4v) is 3.86. The van der Waals surface area contributed by atoms with Gasteiger partial charge in [0.05, 0.1) is 0 Å². The van der Waals surface area contributed by atoms with Crippen LogP contribution in [-0.2, 0) is 0 Å². The standard InChI is InChI=1S/C18H18N2O/c1-12-10-14-6-7-15(11-12)20(14)18(21)17-16-5-3-2-4-13(16)8-9-19-17/h2-5,8-9,14-15H,1,6-7,10-11H2. The number of aromatic nitrogens is 1. The molecule has 4 rings (SSSR count). The van der Waals surface area contributed by atoms with Crippen LogP contribution in [0.2, 0.25) is 0 Å². The summed E-state index contributed by atoms with van der Waals surface area (Å²) in [5, 5.41) is 2.03. The molecule has 2 atom stereocenters. The number of hydrogen-bond acceptors (Lipinski definition) is 2. The molecule has 1 aromatic heterocycles. The van der Waals surface area contributed by atoms with Crippen LogP contribution < -0.4 is 0 Å².